The first-order chi connectivity index (χ1) is 8.99. The molecule has 0 aliphatic heterocycles. The fourth-order valence-electron chi connectivity index (χ4n) is 2.35. The topological polar surface area (TPSA) is 20.2 Å². The van der Waals surface area contributed by atoms with Gasteiger partial charge in [-0.25, -0.2) is 4.39 Å². The smallest absolute Gasteiger partial charge is 0.127 e. The molecule has 19 heavy (non-hydrogen) atoms. The van der Waals surface area contributed by atoms with Gasteiger partial charge in [-0.05, 0) is 48.2 Å². The molecule has 0 amide bonds. The highest BCUT2D eigenvalue weighted by Crippen LogP contribution is 2.26. The highest BCUT2D eigenvalue weighted by atomic mass is 79.9. The van der Waals surface area contributed by atoms with Crippen LogP contribution >= 0.6 is 15.9 Å². The van der Waals surface area contributed by atoms with Gasteiger partial charge in [-0.3, -0.25) is 0 Å². The monoisotopic (exact) mass is 322 g/mol. The van der Waals surface area contributed by atoms with E-state index in [1.807, 2.05) is 32.0 Å². The molecule has 0 aromatic heterocycles. The molecule has 2 aromatic rings. The second-order valence-corrected chi connectivity index (χ2v) is 5.68. The van der Waals surface area contributed by atoms with Crippen LogP contribution in [0.2, 0.25) is 0 Å². The molecule has 100 valence electrons. The molecule has 0 aliphatic rings. The van der Waals surface area contributed by atoms with Gasteiger partial charge in [-0.15, -0.1) is 0 Å². The van der Waals surface area contributed by atoms with Crippen molar-refractivity contribution in [2.45, 2.75) is 26.4 Å². The average Bonchev–Trinajstić information content (AvgIpc) is 2.32. The maximum Gasteiger partial charge on any atom is 0.127 e. The molecule has 2 rings (SSSR count). The van der Waals surface area contributed by atoms with Gasteiger partial charge in [-0.2, -0.15) is 0 Å². The van der Waals surface area contributed by atoms with E-state index in [1.165, 1.54) is 6.07 Å². The van der Waals surface area contributed by atoms with E-state index in [2.05, 4.69) is 15.9 Å². The van der Waals surface area contributed by atoms with Gasteiger partial charge < -0.3 is 5.11 Å². The normalized spacial score (nSPS) is 12.5. The van der Waals surface area contributed by atoms with Crippen molar-refractivity contribution in [2.75, 3.05) is 0 Å². The number of aliphatic hydroxyl groups is 1. The third kappa shape index (κ3) is 3.23. The van der Waals surface area contributed by atoms with Crippen LogP contribution in [-0.2, 0) is 6.42 Å². The van der Waals surface area contributed by atoms with E-state index in [4.69, 9.17) is 0 Å². The second kappa shape index (κ2) is 5.85. The predicted octanol–water partition coefficient (Wildman–Crippen LogP) is 4.48. The zero-order valence-corrected chi connectivity index (χ0v) is 12.5. The summed E-state index contributed by atoms with van der Waals surface area (Å²) in [6.07, 6.45) is -0.401. The molecule has 0 spiro atoms. The summed E-state index contributed by atoms with van der Waals surface area (Å²) in [6, 6.07) is 10.8. The molecule has 0 fully saturated rings. The van der Waals surface area contributed by atoms with Gasteiger partial charge in [0.05, 0.1) is 6.10 Å². The van der Waals surface area contributed by atoms with Gasteiger partial charge in [-0.1, -0.05) is 40.2 Å². The number of benzene rings is 2. The van der Waals surface area contributed by atoms with Crippen molar-refractivity contribution in [1.29, 1.82) is 0 Å². The van der Waals surface area contributed by atoms with Crippen molar-refractivity contribution < 1.29 is 9.50 Å². The molecule has 0 saturated heterocycles. The first-order valence-electron chi connectivity index (χ1n) is 6.17. The lowest BCUT2D eigenvalue weighted by Crippen LogP contribution is -2.07. The van der Waals surface area contributed by atoms with E-state index in [-0.39, 0.29) is 12.2 Å². The van der Waals surface area contributed by atoms with Crippen LogP contribution in [-0.4, -0.2) is 5.11 Å². The first kappa shape index (κ1) is 14.2. The van der Waals surface area contributed by atoms with Crippen LogP contribution in [0.5, 0.6) is 0 Å². The minimum atomic E-state index is -0.683. The van der Waals surface area contributed by atoms with Crippen molar-refractivity contribution in [3.63, 3.8) is 0 Å². The van der Waals surface area contributed by atoms with Crippen molar-refractivity contribution >= 4 is 15.9 Å². The molecule has 0 radical (unpaired) electrons. The summed E-state index contributed by atoms with van der Waals surface area (Å²) in [5.74, 6) is -0.292. The summed E-state index contributed by atoms with van der Waals surface area (Å²) in [5.41, 5.74) is 3.48. The highest BCUT2D eigenvalue weighted by Gasteiger charge is 2.15. The van der Waals surface area contributed by atoms with Crippen molar-refractivity contribution in [3.8, 4) is 0 Å². The summed E-state index contributed by atoms with van der Waals surface area (Å²) < 4.78 is 14.5. The lowest BCUT2D eigenvalue weighted by atomic mass is 9.94. The summed E-state index contributed by atoms with van der Waals surface area (Å²) in [7, 11) is 0. The van der Waals surface area contributed by atoms with Gasteiger partial charge in [0.25, 0.3) is 0 Å². The van der Waals surface area contributed by atoms with Crippen LogP contribution in [0.25, 0.3) is 0 Å². The van der Waals surface area contributed by atoms with E-state index < -0.39 is 6.10 Å². The van der Waals surface area contributed by atoms with Crippen LogP contribution in [0, 0.1) is 19.7 Å². The molecular formula is C16H16BrFO. The van der Waals surface area contributed by atoms with Crippen molar-refractivity contribution in [2.24, 2.45) is 0 Å². The van der Waals surface area contributed by atoms with Crippen LogP contribution in [0.15, 0.2) is 40.9 Å². The summed E-state index contributed by atoms with van der Waals surface area (Å²) in [5, 5.41) is 10.4. The number of hydrogen-bond donors (Lipinski definition) is 1. The number of aryl methyl sites for hydroxylation is 2. The Balaban J connectivity index is 2.28. The van der Waals surface area contributed by atoms with E-state index in [0.29, 0.717) is 10.0 Å². The van der Waals surface area contributed by atoms with Gasteiger partial charge in [0.2, 0.25) is 0 Å². The minimum absolute atomic E-state index is 0.283. The van der Waals surface area contributed by atoms with Gasteiger partial charge >= 0.3 is 0 Å². The zero-order valence-electron chi connectivity index (χ0n) is 11.0. The Morgan fingerprint density at radius 3 is 2.37 bits per heavy atom. The Kier molecular flexibility index (Phi) is 4.38. The Morgan fingerprint density at radius 1 is 1.16 bits per heavy atom. The molecule has 1 unspecified atom stereocenters. The summed E-state index contributed by atoms with van der Waals surface area (Å²) in [6.45, 7) is 3.92. The molecule has 0 heterocycles. The number of hydrogen-bond acceptors (Lipinski definition) is 1. The lowest BCUT2D eigenvalue weighted by molar-refractivity contribution is 0.175. The average molecular weight is 323 g/mol. The highest BCUT2D eigenvalue weighted by molar-refractivity contribution is 9.10. The zero-order chi connectivity index (χ0) is 14.0. The van der Waals surface area contributed by atoms with Crippen molar-refractivity contribution in [1.82, 2.24) is 0 Å². The van der Waals surface area contributed by atoms with E-state index in [1.54, 1.807) is 12.1 Å². The van der Waals surface area contributed by atoms with Crippen LogP contribution in [0.1, 0.15) is 28.4 Å². The van der Waals surface area contributed by atoms with Gasteiger partial charge in [0.1, 0.15) is 5.82 Å². The molecule has 1 N–H and O–H groups in total. The molecule has 3 heteroatoms. The SMILES string of the molecule is Cc1cccc(C)c1C(O)Cc1ccc(Br)cc1F. The maximum absolute atomic E-state index is 13.8. The fraction of sp³-hybridized carbons (Fsp3) is 0.250. The third-order valence-electron chi connectivity index (χ3n) is 3.30. The second-order valence-electron chi connectivity index (χ2n) is 4.76. The Bertz CT molecular complexity index is 575. The summed E-state index contributed by atoms with van der Waals surface area (Å²) in [4.78, 5) is 0. The van der Waals surface area contributed by atoms with Crippen LogP contribution in [0.4, 0.5) is 4.39 Å². The summed E-state index contributed by atoms with van der Waals surface area (Å²) >= 11 is 3.23. The predicted molar refractivity (Wildman–Crippen MR) is 78.7 cm³/mol. The molecule has 0 aliphatic carbocycles. The molecule has 0 bridgehead atoms. The van der Waals surface area contributed by atoms with Crippen molar-refractivity contribution in [3.05, 3.63) is 68.9 Å². The fourth-order valence-corrected chi connectivity index (χ4v) is 2.68. The molecule has 1 nitrogen and oxygen atoms in total. The molecule has 0 saturated carbocycles. The Morgan fingerprint density at radius 2 is 1.79 bits per heavy atom. The van der Waals surface area contributed by atoms with E-state index >= 15 is 0 Å². The largest absolute Gasteiger partial charge is 0.388 e. The van der Waals surface area contributed by atoms with Gasteiger partial charge in [0.15, 0.2) is 0 Å². The maximum atomic E-state index is 13.8. The Labute approximate surface area is 121 Å². The van der Waals surface area contributed by atoms with Gasteiger partial charge in [0, 0.05) is 10.9 Å². The lowest BCUT2D eigenvalue weighted by Gasteiger charge is -2.17. The number of rotatable bonds is 3. The quantitative estimate of drug-likeness (QED) is 0.883. The standard InChI is InChI=1S/C16H16BrFO/c1-10-4-3-5-11(2)16(10)15(19)8-12-6-7-13(17)9-14(12)18/h3-7,9,15,19H,8H2,1-2H3. The molecule has 1 atom stereocenters. The molecule has 2 aromatic carbocycles. The third-order valence-corrected chi connectivity index (χ3v) is 3.80. The first-order valence-corrected chi connectivity index (χ1v) is 6.96. The van der Waals surface area contributed by atoms with E-state index in [0.717, 1.165) is 16.7 Å². The Hall–Kier alpha value is -1.19. The van der Waals surface area contributed by atoms with Crippen LogP contribution < -0.4 is 0 Å². The number of aliphatic hydroxyl groups excluding tert-OH is 1. The van der Waals surface area contributed by atoms with Crippen LogP contribution in [0.3, 0.4) is 0 Å². The number of halogens is 2. The van der Waals surface area contributed by atoms with E-state index in [9.17, 15) is 9.50 Å². The molecular weight excluding hydrogens is 307 g/mol. The minimum Gasteiger partial charge on any atom is -0.388 e.